The lowest BCUT2D eigenvalue weighted by atomic mass is 10.2. The van der Waals surface area contributed by atoms with Crippen LogP contribution in [0.15, 0.2) is 91.0 Å². The van der Waals surface area contributed by atoms with Gasteiger partial charge in [-0.05, 0) is 29.8 Å². The maximum atomic E-state index is 13.6. The molecule has 1 N–H and O–H groups in total. The van der Waals surface area contributed by atoms with E-state index in [2.05, 4.69) is 0 Å². The van der Waals surface area contributed by atoms with Crippen LogP contribution in [0.2, 0.25) is 0 Å². The number of hydrogen-bond acceptors (Lipinski definition) is 3. The van der Waals surface area contributed by atoms with Crippen LogP contribution >= 0.6 is 7.37 Å². The first-order chi connectivity index (χ1) is 11.2. The second-order valence-corrected chi connectivity index (χ2v) is 7.50. The molecule has 0 aromatic heterocycles. The summed E-state index contributed by atoms with van der Waals surface area (Å²) in [4.78, 5) is 0. The number of rotatable bonds is 5. The Morgan fingerprint density at radius 1 is 0.739 bits per heavy atom. The van der Waals surface area contributed by atoms with E-state index in [9.17, 15) is 9.67 Å². The van der Waals surface area contributed by atoms with Gasteiger partial charge in [0, 0.05) is 0 Å². The first-order valence-electron chi connectivity index (χ1n) is 7.33. The second-order valence-electron chi connectivity index (χ2n) is 5.12. The van der Waals surface area contributed by atoms with Gasteiger partial charge in [0.25, 0.3) is 0 Å². The van der Waals surface area contributed by atoms with Gasteiger partial charge >= 0.3 is 7.37 Å². The van der Waals surface area contributed by atoms with Crippen LogP contribution in [0.25, 0.3) is 0 Å². The molecule has 0 bridgehead atoms. The molecule has 0 aliphatic carbocycles. The van der Waals surface area contributed by atoms with Gasteiger partial charge in [0.05, 0.1) is 5.30 Å². The standard InChI is InChI=1S/C19H17O3P/c20-19(16-10-4-1-5-11-16)23(21,18-14-8-3-9-15-18)22-17-12-6-2-7-13-17/h1-15,19-20H. The molecule has 116 valence electrons. The quantitative estimate of drug-likeness (QED) is 0.709. The molecule has 3 aromatic carbocycles. The first kappa shape index (κ1) is 15.5. The van der Waals surface area contributed by atoms with Crippen molar-refractivity contribution in [1.29, 1.82) is 0 Å². The van der Waals surface area contributed by atoms with Crippen molar-refractivity contribution in [2.24, 2.45) is 0 Å². The molecule has 0 amide bonds. The van der Waals surface area contributed by atoms with Crippen molar-refractivity contribution >= 4 is 12.7 Å². The SMILES string of the molecule is O=P(Oc1ccccc1)(c1ccccc1)C(O)c1ccccc1. The fourth-order valence-electron chi connectivity index (χ4n) is 2.34. The van der Waals surface area contributed by atoms with Gasteiger partial charge in [0.2, 0.25) is 0 Å². The van der Waals surface area contributed by atoms with E-state index in [0.29, 0.717) is 16.6 Å². The average Bonchev–Trinajstić information content (AvgIpc) is 2.63. The van der Waals surface area contributed by atoms with E-state index in [1.54, 1.807) is 72.8 Å². The molecule has 0 heterocycles. The average molecular weight is 324 g/mol. The third-order valence-electron chi connectivity index (χ3n) is 3.52. The predicted octanol–water partition coefficient (Wildman–Crippen LogP) is 4.36. The fraction of sp³-hybridized carbons (Fsp3) is 0.0526. The van der Waals surface area contributed by atoms with Crippen molar-refractivity contribution in [2.45, 2.75) is 5.85 Å². The Morgan fingerprint density at radius 2 is 1.22 bits per heavy atom. The molecule has 0 aliphatic heterocycles. The van der Waals surface area contributed by atoms with Crippen molar-refractivity contribution < 1.29 is 14.2 Å². The highest BCUT2D eigenvalue weighted by Crippen LogP contribution is 2.57. The van der Waals surface area contributed by atoms with E-state index >= 15 is 0 Å². The Hall–Kier alpha value is -2.35. The highest BCUT2D eigenvalue weighted by Gasteiger charge is 2.37. The van der Waals surface area contributed by atoms with Crippen LogP contribution in [0, 0.1) is 0 Å². The van der Waals surface area contributed by atoms with Crippen LogP contribution in [0.3, 0.4) is 0 Å². The van der Waals surface area contributed by atoms with Gasteiger partial charge in [0.1, 0.15) is 5.75 Å². The molecular weight excluding hydrogens is 307 g/mol. The molecule has 3 nitrogen and oxygen atoms in total. The fourth-order valence-corrected chi connectivity index (χ4v) is 4.41. The molecule has 3 rings (SSSR count). The van der Waals surface area contributed by atoms with Gasteiger partial charge in [-0.25, -0.2) is 0 Å². The molecule has 4 heteroatoms. The smallest absolute Gasteiger partial charge is 0.309 e. The van der Waals surface area contributed by atoms with Crippen LogP contribution in [0.4, 0.5) is 0 Å². The predicted molar refractivity (Wildman–Crippen MR) is 92.2 cm³/mol. The van der Waals surface area contributed by atoms with E-state index in [-0.39, 0.29) is 0 Å². The lowest BCUT2D eigenvalue weighted by Crippen LogP contribution is -2.16. The van der Waals surface area contributed by atoms with Gasteiger partial charge in [-0.3, -0.25) is 4.57 Å². The zero-order valence-electron chi connectivity index (χ0n) is 12.4. The Kier molecular flexibility index (Phi) is 4.61. The van der Waals surface area contributed by atoms with E-state index in [0.717, 1.165) is 0 Å². The largest absolute Gasteiger partial charge is 0.438 e. The van der Waals surface area contributed by atoms with Crippen LogP contribution in [0.5, 0.6) is 5.75 Å². The van der Waals surface area contributed by atoms with Crippen LogP contribution in [-0.4, -0.2) is 5.11 Å². The molecule has 0 spiro atoms. The topological polar surface area (TPSA) is 46.5 Å². The maximum absolute atomic E-state index is 13.6. The molecule has 0 fully saturated rings. The minimum absolute atomic E-state index is 0.467. The van der Waals surface area contributed by atoms with Crippen molar-refractivity contribution in [3.8, 4) is 5.75 Å². The minimum atomic E-state index is -3.55. The van der Waals surface area contributed by atoms with Crippen LogP contribution < -0.4 is 9.83 Å². The summed E-state index contributed by atoms with van der Waals surface area (Å²) < 4.78 is 19.4. The molecule has 3 aromatic rings. The number of para-hydroxylation sites is 1. The highest BCUT2D eigenvalue weighted by atomic mass is 31.2. The van der Waals surface area contributed by atoms with E-state index in [1.165, 1.54) is 0 Å². The molecule has 23 heavy (non-hydrogen) atoms. The van der Waals surface area contributed by atoms with Gasteiger partial charge in [-0.1, -0.05) is 66.7 Å². The van der Waals surface area contributed by atoms with E-state index < -0.39 is 13.2 Å². The summed E-state index contributed by atoms with van der Waals surface area (Å²) in [7, 11) is -3.55. The third-order valence-corrected chi connectivity index (χ3v) is 5.96. The summed E-state index contributed by atoms with van der Waals surface area (Å²) in [6.45, 7) is 0. The third kappa shape index (κ3) is 3.37. The monoisotopic (exact) mass is 324 g/mol. The zero-order valence-corrected chi connectivity index (χ0v) is 13.3. The van der Waals surface area contributed by atoms with Crippen LogP contribution in [0.1, 0.15) is 11.4 Å². The minimum Gasteiger partial charge on any atom is -0.438 e. The Bertz CT molecular complexity index is 789. The lowest BCUT2D eigenvalue weighted by Gasteiger charge is -2.25. The normalized spacial score (nSPS) is 14.7. The van der Waals surface area contributed by atoms with Crippen molar-refractivity contribution in [3.05, 3.63) is 96.6 Å². The van der Waals surface area contributed by atoms with Crippen molar-refractivity contribution in [3.63, 3.8) is 0 Å². The first-order valence-corrected chi connectivity index (χ1v) is 9.02. The highest BCUT2D eigenvalue weighted by molar-refractivity contribution is 7.67. The number of aliphatic hydroxyl groups is 1. The van der Waals surface area contributed by atoms with Gasteiger partial charge < -0.3 is 9.63 Å². The van der Waals surface area contributed by atoms with Gasteiger partial charge in [-0.2, -0.15) is 0 Å². The summed E-state index contributed by atoms with van der Waals surface area (Å²) in [6, 6.07) is 26.7. The van der Waals surface area contributed by atoms with Gasteiger partial charge in [0.15, 0.2) is 5.85 Å². The Morgan fingerprint density at radius 3 is 1.78 bits per heavy atom. The maximum Gasteiger partial charge on any atom is 0.309 e. The van der Waals surface area contributed by atoms with E-state index in [4.69, 9.17) is 4.52 Å². The lowest BCUT2D eigenvalue weighted by molar-refractivity contribution is 0.240. The summed E-state index contributed by atoms with van der Waals surface area (Å²) in [5.41, 5.74) is 0.565. The van der Waals surface area contributed by atoms with Crippen molar-refractivity contribution in [1.82, 2.24) is 0 Å². The van der Waals surface area contributed by atoms with Crippen LogP contribution in [-0.2, 0) is 4.57 Å². The molecule has 0 aliphatic rings. The number of hydrogen-bond donors (Lipinski definition) is 1. The summed E-state index contributed by atoms with van der Waals surface area (Å²) >= 11 is 0. The molecular formula is C19H17O3P. The summed E-state index contributed by atoms with van der Waals surface area (Å²) in [5, 5.41) is 11.3. The van der Waals surface area contributed by atoms with Crippen molar-refractivity contribution in [2.75, 3.05) is 0 Å². The Labute approximate surface area is 135 Å². The number of aliphatic hydroxyl groups excluding tert-OH is 1. The molecule has 0 radical (unpaired) electrons. The molecule has 0 saturated heterocycles. The summed E-state index contributed by atoms with van der Waals surface area (Å²) in [6.07, 6.45) is 0. The second kappa shape index (κ2) is 6.82. The van der Waals surface area contributed by atoms with Gasteiger partial charge in [-0.15, -0.1) is 0 Å². The number of benzene rings is 3. The molecule has 2 atom stereocenters. The summed E-state index contributed by atoms with van der Waals surface area (Å²) in [5.74, 6) is -0.763. The van der Waals surface area contributed by atoms with E-state index in [1.807, 2.05) is 18.2 Å². The Balaban J connectivity index is 2.05. The molecule has 2 unspecified atom stereocenters. The molecule has 0 saturated carbocycles. The zero-order chi connectivity index (χ0) is 16.1.